The number of carbonyl (C=O) groups is 1. The van der Waals surface area contributed by atoms with Crippen molar-refractivity contribution in [1.82, 2.24) is 25.1 Å². The molecule has 0 radical (unpaired) electrons. The summed E-state index contributed by atoms with van der Waals surface area (Å²) >= 11 is 0. The van der Waals surface area contributed by atoms with Crippen molar-refractivity contribution < 1.29 is 13.6 Å². The van der Waals surface area contributed by atoms with Crippen LogP contribution in [0.5, 0.6) is 0 Å². The summed E-state index contributed by atoms with van der Waals surface area (Å²) in [4.78, 5) is 20.0. The molecule has 1 unspecified atom stereocenters. The Hall–Kier alpha value is -2.78. The van der Waals surface area contributed by atoms with Gasteiger partial charge in [-0.05, 0) is 13.0 Å². The van der Waals surface area contributed by atoms with Gasteiger partial charge < -0.3 is 16.0 Å². The summed E-state index contributed by atoms with van der Waals surface area (Å²) in [5.74, 6) is -3.70. The third-order valence-electron chi connectivity index (χ3n) is 3.74. The quantitative estimate of drug-likeness (QED) is 0.700. The Bertz CT molecular complexity index is 764. The Balaban J connectivity index is 1.49. The van der Waals surface area contributed by atoms with Gasteiger partial charge in [0.1, 0.15) is 11.7 Å². The smallest absolute Gasteiger partial charge is 0.260 e. The number of nitrogens with zero attached hydrogens (tertiary/aromatic N) is 4. The molecule has 1 fully saturated rings. The zero-order valence-electron chi connectivity index (χ0n) is 13.8. The Morgan fingerprint density at radius 2 is 2.28 bits per heavy atom. The maximum atomic E-state index is 12.9. The molecule has 0 bridgehead atoms. The maximum Gasteiger partial charge on any atom is 0.260 e. The number of hydrogen-bond donors (Lipinski definition) is 3. The predicted octanol–water partition coefficient (Wildman–Crippen LogP) is 1.53. The predicted molar refractivity (Wildman–Crippen MR) is 87.7 cm³/mol. The lowest BCUT2D eigenvalue weighted by Crippen LogP contribution is -2.39. The van der Waals surface area contributed by atoms with E-state index >= 15 is 0 Å². The number of hydrogen-bond acceptors (Lipinski definition) is 6. The fraction of sp³-hybridized carbons (Fsp3) is 0.467. The maximum absolute atomic E-state index is 12.9. The Kier molecular flexibility index (Phi) is 4.51. The summed E-state index contributed by atoms with van der Waals surface area (Å²) in [5.41, 5.74) is 0.755. The van der Waals surface area contributed by atoms with Crippen LogP contribution in [0.25, 0.3) is 0 Å². The van der Waals surface area contributed by atoms with Crippen LogP contribution < -0.4 is 16.0 Å². The fourth-order valence-corrected chi connectivity index (χ4v) is 2.28. The SMILES string of the molecule is C[C@H](CNc1ccnc(Nc2cnn(C)c2)n1)NC(=O)C1CC1(F)F. The molecule has 1 saturated carbocycles. The van der Waals surface area contributed by atoms with Gasteiger partial charge in [0.15, 0.2) is 0 Å². The highest BCUT2D eigenvalue weighted by Gasteiger charge is 2.61. The van der Waals surface area contributed by atoms with Gasteiger partial charge in [0.05, 0.1) is 11.9 Å². The van der Waals surface area contributed by atoms with Gasteiger partial charge in [-0.3, -0.25) is 9.48 Å². The molecule has 0 saturated heterocycles. The summed E-state index contributed by atoms with van der Waals surface area (Å²) in [7, 11) is 1.80. The molecule has 25 heavy (non-hydrogen) atoms. The van der Waals surface area contributed by atoms with Crippen molar-refractivity contribution in [3.63, 3.8) is 0 Å². The van der Waals surface area contributed by atoms with Crippen molar-refractivity contribution in [3.8, 4) is 0 Å². The minimum Gasteiger partial charge on any atom is -0.368 e. The van der Waals surface area contributed by atoms with E-state index in [9.17, 15) is 13.6 Å². The van der Waals surface area contributed by atoms with Gasteiger partial charge in [-0.15, -0.1) is 0 Å². The molecule has 3 N–H and O–H groups in total. The fourth-order valence-electron chi connectivity index (χ4n) is 2.28. The van der Waals surface area contributed by atoms with E-state index in [4.69, 9.17) is 0 Å². The van der Waals surface area contributed by atoms with Crippen LogP contribution in [0.2, 0.25) is 0 Å². The highest BCUT2D eigenvalue weighted by Crippen LogP contribution is 2.48. The first-order chi connectivity index (χ1) is 11.8. The molecule has 0 spiro atoms. The molecule has 2 aromatic rings. The van der Waals surface area contributed by atoms with Gasteiger partial charge in [0, 0.05) is 38.4 Å². The monoisotopic (exact) mass is 351 g/mol. The zero-order valence-corrected chi connectivity index (χ0v) is 13.8. The van der Waals surface area contributed by atoms with Gasteiger partial charge in [0.25, 0.3) is 5.92 Å². The minimum atomic E-state index is -2.85. The highest BCUT2D eigenvalue weighted by atomic mass is 19.3. The highest BCUT2D eigenvalue weighted by molar-refractivity contribution is 5.83. The molecule has 10 heteroatoms. The van der Waals surface area contributed by atoms with Crippen LogP contribution in [0.3, 0.4) is 0 Å². The van der Waals surface area contributed by atoms with Crippen LogP contribution in [0, 0.1) is 5.92 Å². The molecule has 3 rings (SSSR count). The number of carbonyl (C=O) groups excluding carboxylic acids is 1. The summed E-state index contributed by atoms with van der Waals surface area (Å²) in [6.45, 7) is 2.09. The lowest BCUT2D eigenvalue weighted by atomic mass is 10.3. The number of aryl methyl sites for hydroxylation is 1. The molecule has 2 aromatic heterocycles. The standard InChI is InChI=1S/C15H19F2N7O/c1-9(21-13(25)11-5-15(11,16)17)6-19-12-3-4-18-14(23-12)22-10-7-20-24(2)8-10/h3-4,7-9,11H,5-6H2,1-2H3,(H,21,25)(H2,18,19,22,23)/t9-,11?/m1/s1. The molecular weight excluding hydrogens is 332 g/mol. The third kappa shape index (κ3) is 4.40. The van der Waals surface area contributed by atoms with Crippen LogP contribution in [-0.2, 0) is 11.8 Å². The van der Waals surface area contributed by atoms with Gasteiger partial charge in [-0.1, -0.05) is 0 Å². The van der Waals surface area contributed by atoms with Crippen LogP contribution in [-0.4, -0.2) is 44.2 Å². The van der Waals surface area contributed by atoms with Gasteiger partial charge >= 0.3 is 0 Å². The number of nitrogens with one attached hydrogen (secondary N) is 3. The first-order valence-corrected chi connectivity index (χ1v) is 7.84. The molecule has 2 heterocycles. The van der Waals surface area contributed by atoms with E-state index < -0.39 is 17.7 Å². The lowest BCUT2D eigenvalue weighted by molar-refractivity contribution is -0.124. The first-order valence-electron chi connectivity index (χ1n) is 7.84. The Morgan fingerprint density at radius 3 is 2.92 bits per heavy atom. The van der Waals surface area contributed by atoms with E-state index in [1.54, 1.807) is 43.3 Å². The molecule has 134 valence electrons. The van der Waals surface area contributed by atoms with Crippen molar-refractivity contribution in [2.75, 3.05) is 17.2 Å². The van der Waals surface area contributed by atoms with E-state index in [-0.39, 0.29) is 12.5 Å². The summed E-state index contributed by atoms with van der Waals surface area (Å²) < 4.78 is 27.4. The van der Waals surface area contributed by atoms with Crippen LogP contribution in [0.15, 0.2) is 24.7 Å². The molecule has 0 aromatic carbocycles. The van der Waals surface area contributed by atoms with Crippen molar-refractivity contribution >= 4 is 23.4 Å². The summed E-state index contributed by atoms with van der Waals surface area (Å²) in [5, 5.41) is 12.7. The number of rotatable bonds is 7. The van der Waals surface area contributed by atoms with E-state index in [0.29, 0.717) is 18.3 Å². The number of halogens is 2. The van der Waals surface area contributed by atoms with E-state index in [1.165, 1.54) is 0 Å². The average Bonchev–Trinajstić information content (AvgIpc) is 3.00. The largest absolute Gasteiger partial charge is 0.368 e. The molecule has 1 aliphatic rings. The molecule has 8 nitrogen and oxygen atoms in total. The van der Waals surface area contributed by atoms with Crippen LogP contribution in [0.4, 0.5) is 26.2 Å². The second kappa shape index (κ2) is 6.61. The summed E-state index contributed by atoms with van der Waals surface area (Å²) in [6, 6.07) is 1.37. The number of alkyl halides is 2. The molecular formula is C15H19F2N7O. The topological polar surface area (TPSA) is 96.8 Å². The third-order valence-corrected chi connectivity index (χ3v) is 3.74. The van der Waals surface area contributed by atoms with Crippen molar-refractivity contribution in [1.29, 1.82) is 0 Å². The van der Waals surface area contributed by atoms with Crippen molar-refractivity contribution in [3.05, 3.63) is 24.7 Å². The van der Waals surface area contributed by atoms with E-state index in [1.807, 2.05) is 0 Å². The second-order valence-corrected chi connectivity index (χ2v) is 6.10. The number of aromatic nitrogens is 4. The lowest BCUT2D eigenvalue weighted by Gasteiger charge is -2.15. The van der Waals surface area contributed by atoms with E-state index in [0.717, 1.165) is 5.69 Å². The Morgan fingerprint density at radius 1 is 1.52 bits per heavy atom. The van der Waals surface area contributed by atoms with Gasteiger partial charge in [-0.25, -0.2) is 13.8 Å². The minimum absolute atomic E-state index is 0.311. The van der Waals surface area contributed by atoms with Crippen LogP contribution >= 0.6 is 0 Å². The number of anilines is 3. The van der Waals surface area contributed by atoms with Crippen molar-refractivity contribution in [2.45, 2.75) is 25.3 Å². The average molecular weight is 351 g/mol. The van der Waals surface area contributed by atoms with Crippen molar-refractivity contribution in [2.24, 2.45) is 13.0 Å². The molecule has 2 atom stereocenters. The van der Waals surface area contributed by atoms with E-state index in [2.05, 4.69) is 31.0 Å². The number of amides is 1. The normalized spacial score (nSPS) is 19.1. The Labute approximate surface area is 143 Å². The van der Waals surface area contributed by atoms with Crippen LogP contribution in [0.1, 0.15) is 13.3 Å². The molecule has 0 aliphatic heterocycles. The second-order valence-electron chi connectivity index (χ2n) is 6.10. The summed E-state index contributed by atoms with van der Waals surface area (Å²) in [6.07, 6.45) is 4.65. The van der Waals surface area contributed by atoms with Gasteiger partial charge in [0.2, 0.25) is 11.9 Å². The molecule has 1 amide bonds. The molecule has 1 aliphatic carbocycles. The first kappa shape index (κ1) is 17.1. The van der Waals surface area contributed by atoms with Gasteiger partial charge in [-0.2, -0.15) is 10.1 Å². The zero-order chi connectivity index (χ0) is 18.0.